The summed E-state index contributed by atoms with van der Waals surface area (Å²) in [4.78, 5) is 5.05. The molecule has 24 heavy (non-hydrogen) atoms. The molecule has 1 aliphatic rings. The fourth-order valence-corrected chi connectivity index (χ4v) is 6.17. The predicted molar refractivity (Wildman–Crippen MR) is 96.7 cm³/mol. The summed E-state index contributed by atoms with van der Waals surface area (Å²) in [6, 6.07) is 14.9. The van der Waals surface area contributed by atoms with Crippen LogP contribution in [-0.4, -0.2) is 24.3 Å². The molecule has 0 saturated carbocycles. The number of fused-ring (bicyclic) bond motifs is 1. The molecule has 0 radical (unpaired) electrons. The van der Waals surface area contributed by atoms with Crippen LogP contribution in [0.4, 0.5) is 0 Å². The summed E-state index contributed by atoms with van der Waals surface area (Å²) in [7, 11) is -3.50. The maximum absolute atomic E-state index is 13.1. The van der Waals surface area contributed by atoms with Gasteiger partial charge in [0.25, 0.3) is 0 Å². The third-order valence-electron chi connectivity index (χ3n) is 4.40. The highest BCUT2D eigenvalue weighted by Crippen LogP contribution is 2.39. The third-order valence-corrected chi connectivity index (χ3v) is 7.44. The van der Waals surface area contributed by atoms with Crippen molar-refractivity contribution >= 4 is 31.6 Å². The molecule has 0 amide bonds. The second kappa shape index (κ2) is 5.95. The number of benzene rings is 2. The summed E-state index contributed by atoms with van der Waals surface area (Å²) in [5.74, 6) is 0. The number of para-hydroxylation sites is 1. The summed E-state index contributed by atoms with van der Waals surface area (Å²) in [6.07, 6.45) is 1.69. The first kappa shape index (κ1) is 15.7. The quantitative estimate of drug-likeness (QED) is 0.707. The molecule has 4 nitrogen and oxygen atoms in total. The molecule has 0 aliphatic carbocycles. The minimum Gasteiger partial charge on any atom is -0.239 e. The van der Waals surface area contributed by atoms with Gasteiger partial charge in [0.2, 0.25) is 10.0 Å². The van der Waals surface area contributed by atoms with E-state index in [-0.39, 0.29) is 6.04 Å². The average molecular weight is 358 g/mol. The van der Waals surface area contributed by atoms with Crippen molar-refractivity contribution in [1.82, 2.24) is 9.29 Å². The molecule has 1 unspecified atom stereocenters. The van der Waals surface area contributed by atoms with Crippen molar-refractivity contribution in [1.29, 1.82) is 0 Å². The van der Waals surface area contributed by atoms with Gasteiger partial charge in [0.15, 0.2) is 0 Å². The van der Waals surface area contributed by atoms with Gasteiger partial charge in [-0.3, -0.25) is 0 Å². The first-order valence-electron chi connectivity index (χ1n) is 8.00. The van der Waals surface area contributed by atoms with Crippen LogP contribution in [0.25, 0.3) is 10.2 Å². The summed E-state index contributed by atoms with van der Waals surface area (Å²) >= 11 is 1.60. The second-order valence-corrected chi connectivity index (χ2v) is 9.06. The van der Waals surface area contributed by atoms with Crippen molar-refractivity contribution in [3.63, 3.8) is 0 Å². The maximum Gasteiger partial charge on any atom is 0.243 e. The van der Waals surface area contributed by atoms with Gasteiger partial charge in [-0.05, 0) is 49.6 Å². The number of thiazole rings is 1. The van der Waals surface area contributed by atoms with Crippen LogP contribution in [0.2, 0.25) is 0 Å². The van der Waals surface area contributed by atoms with Gasteiger partial charge in [-0.2, -0.15) is 4.31 Å². The Morgan fingerprint density at radius 3 is 2.79 bits per heavy atom. The lowest BCUT2D eigenvalue weighted by Crippen LogP contribution is -2.30. The second-order valence-electron chi connectivity index (χ2n) is 6.11. The van der Waals surface area contributed by atoms with Crippen LogP contribution in [0.3, 0.4) is 0 Å². The largest absolute Gasteiger partial charge is 0.243 e. The Morgan fingerprint density at radius 1 is 1.17 bits per heavy atom. The number of hydrogen-bond donors (Lipinski definition) is 0. The SMILES string of the molecule is Cc1cccc(S(=O)(=O)N2CCCC2c2nc3ccccc3s2)c1. The molecule has 1 atom stereocenters. The molecule has 2 aromatic carbocycles. The Morgan fingerprint density at radius 2 is 2.00 bits per heavy atom. The molecule has 0 N–H and O–H groups in total. The van der Waals surface area contributed by atoms with Crippen LogP contribution in [0.15, 0.2) is 53.4 Å². The minimum absolute atomic E-state index is 0.159. The van der Waals surface area contributed by atoms with Gasteiger partial charge in [0.05, 0.1) is 21.2 Å². The van der Waals surface area contributed by atoms with E-state index in [9.17, 15) is 8.42 Å². The van der Waals surface area contributed by atoms with Crippen LogP contribution in [-0.2, 0) is 10.0 Å². The van der Waals surface area contributed by atoms with E-state index in [1.807, 2.05) is 37.3 Å². The number of aryl methyl sites for hydroxylation is 1. The van der Waals surface area contributed by atoms with Gasteiger partial charge < -0.3 is 0 Å². The lowest BCUT2D eigenvalue weighted by molar-refractivity contribution is 0.396. The zero-order valence-corrected chi connectivity index (χ0v) is 15.0. The molecule has 1 fully saturated rings. The van der Waals surface area contributed by atoms with Gasteiger partial charge in [-0.1, -0.05) is 24.3 Å². The molecular formula is C18H18N2O2S2. The number of nitrogens with zero attached hydrogens (tertiary/aromatic N) is 2. The number of sulfonamides is 1. The molecule has 4 rings (SSSR count). The van der Waals surface area contributed by atoms with E-state index in [1.165, 1.54) is 0 Å². The van der Waals surface area contributed by atoms with Crippen LogP contribution >= 0.6 is 11.3 Å². The van der Waals surface area contributed by atoms with Crippen molar-refractivity contribution in [2.45, 2.75) is 30.7 Å². The number of aromatic nitrogens is 1. The fourth-order valence-electron chi connectivity index (χ4n) is 3.22. The van der Waals surface area contributed by atoms with Crippen molar-refractivity contribution in [2.24, 2.45) is 0 Å². The van der Waals surface area contributed by atoms with E-state index in [0.717, 1.165) is 33.6 Å². The van der Waals surface area contributed by atoms with E-state index < -0.39 is 10.0 Å². The fraction of sp³-hybridized carbons (Fsp3) is 0.278. The Kier molecular flexibility index (Phi) is 3.90. The zero-order chi connectivity index (χ0) is 16.7. The Balaban J connectivity index is 1.74. The molecule has 6 heteroatoms. The summed E-state index contributed by atoms with van der Waals surface area (Å²) in [5, 5.41) is 0.893. The van der Waals surface area contributed by atoms with E-state index in [0.29, 0.717) is 11.4 Å². The third kappa shape index (κ3) is 2.64. The average Bonchev–Trinajstić information content (AvgIpc) is 3.21. The van der Waals surface area contributed by atoms with Crippen molar-refractivity contribution in [3.8, 4) is 0 Å². The molecule has 0 spiro atoms. The van der Waals surface area contributed by atoms with Crippen LogP contribution in [0.1, 0.15) is 29.5 Å². The minimum atomic E-state index is -3.50. The smallest absolute Gasteiger partial charge is 0.239 e. The van der Waals surface area contributed by atoms with Gasteiger partial charge in [0.1, 0.15) is 5.01 Å². The number of rotatable bonds is 3. The van der Waals surface area contributed by atoms with E-state index in [2.05, 4.69) is 4.98 Å². The van der Waals surface area contributed by atoms with Crippen molar-refractivity contribution < 1.29 is 8.42 Å². The lowest BCUT2D eigenvalue weighted by atomic mass is 10.2. The van der Waals surface area contributed by atoms with Crippen LogP contribution < -0.4 is 0 Å². The van der Waals surface area contributed by atoms with E-state index in [1.54, 1.807) is 33.8 Å². The highest BCUT2D eigenvalue weighted by molar-refractivity contribution is 7.89. The molecule has 1 saturated heterocycles. The standard InChI is InChI=1S/C18H18N2O2S2/c1-13-6-4-7-14(12-13)24(21,22)20-11-5-9-16(20)18-19-15-8-2-3-10-17(15)23-18/h2-4,6-8,10,12,16H,5,9,11H2,1H3. The molecular weight excluding hydrogens is 340 g/mol. The molecule has 1 aliphatic heterocycles. The summed E-state index contributed by atoms with van der Waals surface area (Å²) in [5.41, 5.74) is 1.89. The highest BCUT2D eigenvalue weighted by atomic mass is 32.2. The Bertz CT molecular complexity index is 962. The molecule has 2 heterocycles. The predicted octanol–water partition coefficient (Wildman–Crippen LogP) is 4.13. The first-order chi connectivity index (χ1) is 11.6. The maximum atomic E-state index is 13.1. The monoisotopic (exact) mass is 358 g/mol. The normalized spacial score (nSPS) is 19.1. The van der Waals surface area contributed by atoms with E-state index in [4.69, 9.17) is 0 Å². The topological polar surface area (TPSA) is 50.3 Å². The van der Waals surface area contributed by atoms with Gasteiger partial charge in [-0.15, -0.1) is 11.3 Å². The molecule has 0 bridgehead atoms. The van der Waals surface area contributed by atoms with E-state index >= 15 is 0 Å². The van der Waals surface area contributed by atoms with Gasteiger partial charge in [-0.25, -0.2) is 13.4 Å². The molecule has 124 valence electrons. The Hall–Kier alpha value is -1.76. The van der Waals surface area contributed by atoms with Gasteiger partial charge >= 0.3 is 0 Å². The highest BCUT2D eigenvalue weighted by Gasteiger charge is 2.37. The number of hydrogen-bond acceptors (Lipinski definition) is 4. The van der Waals surface area contributed by atoms with Crippen molar-refractivity contribution in [3.05, 3.63) is 59.1 Å². The zero-order valence-electron chi connectivity index (χ0n) is 13.3. The summed E-state index contributed by atoms with van der Waals surface area (Å²) in [6.45, 7) is 2.46. The molecule has 3 aromatic rings. The first-order valence-corrected chi connectivity index (χ1v) is 10.3. The van der Waals surface area contributed by atoms with Crippen LogP contribution in [0, 0.1) is 6.92 Å². The Labute approximate surface area is 145 Å². The van der Waals surface area contributed by atoms with Crippen molar-refractivity contribution in [2.75, 3.05) is 6.54 Å². The van der Waals surface area contributed by atoms with Crippen LogP contribution in [0.5, 0.6) is 0 Å². The molecule has 1 aromatic heterocycles. The lowest BCUT2D eigenvalue weighted by Gasteiger charge is -2.22. The summed E-state index contributed by atoms with van der Waals surface area (Å²) < 4.78 is 28.9. The van der Waals surface area contributed by atoms with Gasteiger partial charge in [0, 0.05) is 6.54 Å².